The maximum absolute atomic E-state index is 10.8. The molecule has 21 heavy (non-hydrogen) atoms. The lowest BCUT2D eigenvalue weighted by Crippen LogP contribution is -1.99. The molecule has 2 aromatic carbocycles. The van der Waals surface area contributed by atoms with Gasteiger partial charge in [0.1, 0.15) is 12.4 Å². The lowest BCUT2D eigenvalue weighted by atomic mass is 10.1. The Hall–Kier alpha value is -2.40. The van der Waals surface area contributed by atoms with Crippen LogP contribution in [0.5, 0.6) is 5.75 Å². The minimum atomic E-state index is -0.417. The first kappa shape index (κ1) is 13.6. The molecule has 1 aliphatic carbocycles. The van der Waals surface area contributed by atoms with Crippen LogP contribution in [0.2, 0.25) is 0 Å². The van der Waals surface area contributed by atoms with Gasteiger partial charge in [-0.2, -0.15) is 0 Å². The second-order valence-electron chi connectivity index (χ2n) is 5.09. The molecule has 1 atom stereocenters. The maximum atomic E-state index is 10.8. The van der Waals surface area contributed by atoms with Gasteiger partial charge in [0, 0.05) is 17.7 Å². The molecule has 0 radical (unpaired) electrons. The fraction of sp³-hybridized carbons (Fsp3) is 0.250. The van der Waals surface area contributed by atoms with E-state index in [4.69, 9.17) is 4.74 Å². The van der Waals surface area contributed by atoms with E-state index in [0.717, 1.165) is 28.9 Å². The van der Waals surface area contributed by atoms with Crippen LogP contribution in [0.15, 0.2) is 42.5 Å². The van der Waals surface area contributed by atoms with Crippen molar-refractivity contribution in [1.29, 1.82) is 0 Å². The second kappa shape index (κ2) is 5.54. The molecule has 0 spiro atoms. The Labute approximate surface area is 122 Å². The number of ether oxygens (including phenoxy) is 1. The van der Waals surface area contributed by atoms with Crippen LogP contribution in [0.3, 0.4) is 0 Å². The molecule has 108 valence electrons. The first-order valence-electron chi connectivity index (χ1n) is 6.81. The van der Waals surface area contributed by atoms with E-state index in [1.54, 1.807) is 12.1 Å². The second-order valence-corrected chi connectivity index (χ2v) is 5.09. The fourth-order valence-corrected chi connectivity index (χ4v) is 2.66. The number of aliphatic hydroxyl groups is 1. The zero-order chi connectivity index (χ0) is 14.8. The molecule has 0 saturated carbocycles. The zero-order valence-electron chi connectivity index (χ0n) is 11.4. The predicted octanol–water partition coefficient (Wildman–Crippen LogP) is 3.15. The average Bonchev–Trinajstić information content (AvgIpc) is 2.88. The van der Waals surface area contributed by atoms with Crippen molar-refractivity contribution in [2.75, 3.05) is 0 Å². The van der Waals surface area contributed by atoms with E-state index < -0.39 is 11.0 Å². The van der Waals surface area contributed by atoms with E-state index in [0.29, 0.717) is 6.42 Å². The third-order valence-electron chi connectivity index (χ3n) is 3.71. The van der Waals surface area contributed by atoms with E-state index >= 15 is 0 Å². The highest BCUT2D eigenvalue weighted by molar-refractivity contribution is 5.44. The van der Waals surface area contributed by atoms with Gasteiger partial charge in [-0.25, -0.2) is 0 Å². The summed E-state index contributed by atoms with van der Waals surface area (Å²) in [5.41, 5.74) is 2.77. The molecule has 3 rings (SSSR count). The van der Waals surface area contributed by atoms with E-state index in [1.807, 2.05) is 18.2 Å². The number of non-ortho nitro benzene ring substituents is 1. The Morgan fingerprint density at radius 2 is 2.10 bits per heavy atom. The quantitative estimate of drug-likeness (QED) is 0.691. The van der Waals surface area contributed by atoms with Crippen LogP contribution in [0.1, 0.15) is 29.2 Å². The molecule has 0 bridgehead atoms. The molecule has 0 amide bonds. The van der Waals surface area contributed by atoms with Gasteiger partial charge in [0.2, 0.25) is 0 Å². The van der Waals surface area contributed by atoms with Crippen molar-refractivity contribution in [2.24, 2.45) is 0 Å². The molecule has 0 aliphatic heterocycles. The monoisotopic (exact) mass is 285 g/mol. The van der Waals surface area contributed by atoms with Crippen molar-refractivity contribution < 1.29 is 14.8 Å². The Bertz CT molecular complexity index is 684. The number of hydrogen-bond acceptors (Lipinski definition) is 4. The van der Waals surface area contributed by atoms with E-state index in [9.17, 15) is 15.2 Å². The highest BCUT2D eigenvalue weighted by Crippen LogP contribution is 2.37. The highest BCUT2D eigenvalue weighted by Gasteiger charge is 2.23. The van der Waals surface area contributed by atoms with Crippen molar-refractivity contribution in [1.82, 2.24) is 0 Å². The summed E-state index contributed by atoms with van der Waals surface area (Å²) in [7, 11) is 0. The first-order valence-corrected chi connectivity index (χ1v) is 6.81. The van der Waals surface area contributed by atoms with Crippen molar-refractivity contribution >= 4 is 5.69 Å². The SMILES string of the molecule is O=[N+]([O-])c1cccc(COc2cccc3c2CCC3O)c1. The molecule has 0 fully saturated rings. The van der Waals surface area contributed by atoms with Crippen LogP contribution in [0.25, 0.3) is 0 Å². The summed E-state index contributed by atoms with van der Waals surface area (Å²) in [5, 5.41) is 20.6. The average molecular weight is 285 g/mol. The summed E-state index contributed by atoms with van der Waals surface area (Å²) in [6.45, 7) is 0.272. The Kier molecular flexibility index (Phi) is 3.58. The number of fused-ring (bicyclic) bond motifs is 1. The predicted molar refractivity (Wildman–Crippen MR) is 77.2 cm³/mol. The van der Waals surface area contributed by atoms with Gasteiger partial charge in [-0.05, 0) is 30.0 Å². The minimum Gasteiger partial charge on any atom is -0.489 e. The third-order valence-corrected chi connectivity index (χ3v) is 3.71. The molecular weight excluding hydrogens is 270 g/mol. The third kappa shape index (κ3) is 2.73. The number of nitro benzene ring substituents is 1. The zero-order valence-corrected chi connectivity index (χ0v) is 11.4. The normalized spacial score (nSPS) is 16.5. The van der Waals surface area contributed by atoms with Crippen molar-refractivity contribution in [3.8, 4) is 5.75 Å². The summed E-state index contributed by atoms with van der Waals surface area (Å²) in [6.07, 6.45) is 1.09. The van der Waals surface area contributed by atoms with Gasteiger partial charge in [0.05, 0.1) is 11.0 Å². The summed E-state index contributed by atoms with van der Waals surface area (Å²) in [4.78, 5) is 10.3. The van der Waals surface area contributed by atoms with Crippen molar-refractivity contribution in [2.45, 2.75) is 25.6 Å². The van der Waals surface area contributed by atoms with Gasteiger partial charge < -0.3 is 9.84 Å². The van der Waals surface area contributed by atoms with E-state index in [2.05, 4.69) is 0 Å². The summed E-state index contributed by atoms with van der Waals surface area (Å²) in [5.74, 6) is 0.746. The highest BCUT2D eigenvalue weighted by atomic mass is 16.6. The maximum Gasteiger partial charge on any atom is 0.269 e. The van der Waals surface area contributed by atoms with Crippen molar-refractivity contribution in [3.05, 3.63) is 69.3 Å². The fourth-order valence-electron chi connectivity index (χ4n) is 2.66. The van der Waals surface area contributed by atoms with Crippen molar-refractivity contribution in [3.63, 3.8) is 0 Å². The molecule has 5 nitrogen and oxygen atoms in total. The van der Waals surface area contributed by atoms with Gasteiger partial charge in [0.25, 0.3) is 5.69 Å². The molecule has 0 heterocycles. The largest absolute Gasteiger partial charge is 0.489 e. The smallest absolute Gasteiger partial charge is 0.269 e. The Morgan fingerprint density at radius 3 is 2.90 bits per heavy atom. The lowest BCUT2D eigenvalue weighted by Gasteiger charge is -2.11. The van der Waals surface area contributed by atoms with Crippen LogP contribution >= 0.6 is 0 Å². The molecule has 0 saturated heterocycles. The molecule has 0 aromatic heterocycles. The van der Waals surface area contributed by atoms with E-state index in [1.165, 1.54) is 12.1 Å². The summed E-state index contributed by atoms with van der Waals surface area (Å²) >= 11 is 0. The van der Waals surface area contributed by atoms with E-state index in [-0.39, 0.29) is 12.3 Å². The van der Waals surface area contributed by atoms with Crippen LogP contribution in [0.4, 0.5) is 5.69 Å². The number of hydrogen-bond donors (Lipinski definition) is 1. The molecule has 2 aromatic rings. The molecular formula is C16H15NO4. The minimum absolute atomic E-state index is 0.0600. The van der Waals surface area contributed by atoms with Gasteiger partial charge in [-0.15, -0.1) is 0 Å². The molecule has 5 heteroatoms. The lowest BCUT2D eigenvalue weighted by molar-refractivity contribution is -0.384. The molecule has 1 N–H and O–H groups in total. The van der Waals surface area contributed by atoms with Crippen LogP contribution < -0.4 is 4.74 Å². The van der Waals surface area contributed by atoms with Crippen LogP contribution in [0, 0.1) is 10.1 Å². The number of aliphatic hydroxyl groups excluding tert-OH is 1. The van der Waals surface area contributed by atoms with Gasteiger partial charge in [0.15, 0.2) is 0 Å². The number of nitro groups is 1. The topological polar surface area (TPSA) is 72.6 Å². The van der Waals surface area contributed by atoms with Gasteiger partial charge >= 0.3 is 0 Å². The summed E-state index contributed by atoms with van der Waals surface area (Å²) < 4.78 is 5.78. The van der Waals surface area contributed by atoms with Gasteiger partial charge in [-0.3, -0.25) is 10.1 Å². The summed E-state index contributed by atoms with van der Waals surface area (Å²) in [6, 6.07) is 12.1. The van der Waals surface area contributed by atoms with Crippen LogP contribution in [-0.2, 0) is 13.0 Å². The van der Waals surface area contributed by atoms with Crippen LogP contribution in [-0.4, -0.2) is 10.0 Å². The Balaban J connectivity index is 1.77. The molecule has 1 unspecified atom stereocenters. The standard InChI is InChI=1S/C16H15NO4/c18-15-8-7-14-13(15)5-2-6-16(14)21-10-11-3-1-4-12(9-11)17(19)20/h1-6,9,15,18H,7-8,10H2. The van der Waals surface area contributed by atoms with Gasteiger partial charge in [-0.1, -0.05) is 24.3 Å². The number of nitrogens with zero attached hydrogens (tertiary/aromatic N) is 1. The first-order chi connectivity index (χ1) is 10.1. The number of benzene rings is 2. The number of rotatable bonds is 4. The molecule has 1 aliphatic rings. The Morgan fingerprint density at radius 1 is 1.29 bits per heavy atom.